The van der Waals surface area contributed by atoms with Gasteiger partial charge >= 0.3 is 0 Å². The second-order valence-corrected chi connectivity index (χ2v) is 8.02. The van der Waals surface area contributed by atoms with E-state index in [0.29, 0.717) is 22.9 Å². The van der Waals surface area contributed by atoms with Crippen LogP contribution in [-0.4, -0.2) is 16.5 Å². The SMILES string of the molecule is CC1=CC(C2=CC=CCC2c2ccccc2)=C(O)CC(N)=C1.N=C1C=CC(Cl)=CC1=N. The molecule has 1 unspecified atom stereocenters. The molecule has 0 fully saturated rings. The fraction of sp³-hybridized carbons (Fsp3) is 0.154. The number of aliphatic hydroxyl groups is 1. The Morgan fingerprint density at radius 2 is 1.77 bits per heavy atom. The number of hydrogen-bond acceptors (Lipinski definition) is 4. The summed E-state index contributed by atoms with van der Waals surface area (Å²) in [6.07, 6.45) is 16.2. The molecule has 0 saturated heterocycles. The van der Waals surface area contributed by atoms with E-state index in [2.05, 4.69) is 42.5 Å². The number of nitrogens with two attached hydrogens (primary N) is 1. The fourth-order valence-electron chi connectivity index (χ4n) is 3.66. The largest absolute Gasteiger partial charge is 0.511 e. The molecule has 4 rings (SSSR count). The molecule has 1 aromatic rings. The summed E-state index contributed by atoms with van der Waals surface area (Å²) in [4.78, 5) is 0. The molecule has 0 aliphatic heterocycles. The number of nitrogens with one attached hydrogen (secondary N) is 2. The Morgan fingerprint density at radius 1 is 1.03 bits per heavy atom. The Kier molecular flexibility index (Phi) is 7.27. The molecule has 0 spiro atoms. The topological polar surface area (TPSA) is 93.9 Å². The van der Waals surface area contributed by atoms with Crippen LogP contribution in [0.25, 0.3) is 0 Å². The lowest BCUT2D eigenvalue weighted by atomic mass is 9.81. The van der Waals surface area contributed by atoms with E-state index < -0.39 is 0 Å². The van der Waals surface area contributed by atoms with Crippen LogP contribution >= 0.6 is 11.6 Å². The lowest BCUT2D eigenvalue weighted by molar-refractivity contribution is 0.393. The number of rotatable bonds is 2. The van der Waals surface area contributed by atoms with Crippen molar-refractivity contribution in [2.24, 2.45) is 5.73 Å². The first-order chi connectivity index (χ1) is 14.8. The van der Waals surface area contributed by atoms with Crippen LogP contribution in [0.3, 0.4) is 0 Å². The van der Waals surface area contributed by atoms with Gasteiger partial charge in [-0.3, -0.25) is 10.8 Å². The van der Waals surface area contributed by atoms with Crippen LogP contribution in [0.5, 0.6) is 0 Å². The minimum absolute atomic E-state index is 0.169. The highest BCUT2D eigenvalue weighted by molar-refractivity contribution is 6.51. The van der Waals surface area contributed by atoms with E-state index in [1.807, 2.05) is 25.1 Å². The number of hydrogen-bond donors (Lipinski definition) is 4. The molecular formula is C26H26ClN3O. The van der Waals surface area contributed by atoms with Crippen molar-refractivity contribution in [1.29, 1.82) is 10.8 Å². The summed E-state index contributed by atoms with van der Waals surface area (Å²) in [5, 5.41) is 25.2. The van der Waals surface area contributed by atoms with Crippen molar-refractivity contribution in [2.45, 2.75) is 25.7 Å². The molecule has 1 aromatic carbocycles. The highest BCUT2D eigenvalue weighted by Gasteiger charge is 2.23. The smallest absolute Gasteiger partial charge is 0.106 e. The van der Waals surface area contributed by atoms with Gasteiger partial charge in [0.25, 0.3) is 0 Å². The average molecular weight is 432 g/mol. The molecule has 3 aliphatic rings. The molecule has 0 heterocycles. The monoisotopic (exact) mass is 431 g/mol. The van der Waals surface area contributed by atoms with Crippen molar-refractivity contribution in [2.75, 3.05) is 0 Å². The summed E-state index contributed by atoms with van der Waals surface area (Å²) in [6, 6.07) is 10.5. The van der Waals surface area contributed by atoms with Gasteiger partial charge in [0.05, 0.1) is 11.4 Å². The number of allylic oxidation sites excluding steroid dienone is 12. The molecule has 0 aromatic heterocycles. The van der Waals surface area contributed by atoms with E-state index in [1.165, 1.54) is 17.7 Å². The van der Waals surface area contributed by atoms with E-state index in [1.54, 1.807) is 6.08 Å². The summed E-state index contributed by atoms with van der Waals surface area (Å²) in [7, 11) is 0. The first-order valence-electron chi connectivity index (χ1n) is 10.1. The summed E-state index contributed by atoms with van der Waals surface area (Å²) >= 11 is 5.51. The molecule has 5 N–H and O–H groups in total. The zero-order valence-corrected chi connectivity index (χ0v) is 18.2. The normalized spacial score (nSPS) is 20.8. The molecule has 4 nitrogen and oxygen atoms in total. The Bertz CT molecular complexity index is 1100. The minimum atomic E-state index is 0.169. The highest BCUT2D eigenvalue weighted by atomic mass is 35.5. The summed E-state index contributed by atoms with van der Waals surface area (Å²) in [5.41, 5.74) is 11.4. The average Bonchev–Trinajstić information content (AvgIpc) is 2.88. The number of benzene rings is 1. The van der Waals surface area contributed by atoms with E-state index in [9.17, 15) is 5.11 Å². The van der Waals surface area contributed by atoms with Gasteiger partial charge in [0.1, 0.15) is 5.76 Å². The lowest BCUT2D eigenvalue weighted by Gasteiger charge is -2.24. The van der Waals surface area contributed by atoms with Gasteiger partial charge in [-0.2, -0.15) is 0 Å². The maximum Gasteiger partial charge on any atom is 0.106 e. The summed E-state index contributed by atoms with van der Waals surface area (Å²) in [5.74, 6) is 0.625. The van der Waals surface area contributed by atoms with Gasteiger partial charge in [-0.1, -0.05) is 60.2 Å². The van der Waals surface area contributed by atoms with Gasteiger partial charge in [0.2, 0.25) is 0 Å². The van der Waals surface area contributed by atoms with Crippen LogP contribution in [0.2, 0.25) is 0 Å². The molecule has 0 amide bonds. The zero-order chi connectivity index (χ0) is 22.4. The predicted octanol–water partition coefficient (Wildman–Crippen LogP) is 6.38. The van der Waals surface area contributed by atoms with Crippen LogP contribution < -0.4 is 5.73 Å². The third-order valence-corrected chi connectivity index (χ3v) is 5.36. The number of aliphatic hydroxyl groups excluding tert-OH is 1. The third-order valence-electron chi connectivity index (χ3n) is 5.12. The maximum atomic E-state index is 10.5. The van der Waals surface area contributed by atoms with Crippen LogP contribution in [0.4, 0.5) is 0 Å². The predicted molar refractivity (Wildman–Crippen MR) is 130 cm³/mol. The third kappa shape index (κ3) is 5.83. The van der Waals surface area contributed by atoms with Crippen LogP contribution in [0.1, 0.15) is 31.2 Å². The van der Waals surface area contributed by atoms with Crippen LogP contribution in [0, 0.1) is 10.8 Å². The molecule has 0 radical (unpaired) electrons. The molecular weight excluding hydrogens is 406 g/mol. The van der Waals surface area contributed by atoms with Crippen molar-refractivity contribution in [3.05, 3.63) is 118 Å². The van der Waals surface area contributed by atoms with Gasteiger partial charge in [0, 0.05) is 28.6 Å². The second-order valence-electron chi connectivity index (χ2n) is 7.58. The number of halogens is 1. The molecule has 1 atom stereocenters. The lowest BCUT2D eigenvalue weighted by Crippen LogP contribution is -2.08. The van der Waals surface area contributed by atoms with E-state index in [-0.39, 0.29) is 17.3 Å². The van der Waals surface area contributed by atoms with E-state index in [4.69, 9.17) is 28.2 Å². The first-order valence-corrected chi connectivity index (χ1v) is 10.4. The van der Waals surface area contributed by atoms with Gasteiger partial charge in [0.15, 0.2) is 0 Å². The molecule has 0 bridgehead atoms. The van der Waals surface area contributed by atoms with Crippen molar-refractivity contribution in [3.8, 4) is 0 Å². The van der Waals surface area contributed by atoms with Crippen LogP contribution in [-0.2, 0) is 0 Å². The van der Waals surface area contributed by atoms with E-state index >= 15 is 0 Å². The Hall–Kier alpha value is -3.37. The molecule has 0 saturated carbocycles. The van der Waals surface area contributed by atoms with Crippen molar-refractivity contribution < 1.29 is 5.11 Å². The van der Waals surface area contributed by atoms with Gasteiger partial charge < -0.3 is 10.8 Å². The van der Waals surface area contributed by atoms with Crippen molar-refractivity contribution in [1.82, 2.24) is 0 Å². The zero-order valence-electron chi connectivity index (χ0n) is 17.4. The van der Waals surface area contributed by atoms with Crippen LogP contribution in [0.15, 0.2) is 112 Å². The maximum absolute atomic E-state index is 10.5. The fourth-order valence-corrected chi connectivity index (χ4v) is 3.83. The standard InChI is InChI=1S/C20H21NO.C6H5ClN2/c1-14-11-16(21)13-20(22)19(12-14)18-10-6-5-9-17(18)15-7-3-2-4-8-15;7-4-1-2-5(8)6(9)3-4/h2-8,10-12,17,22H,9,13,21H2,1H3;1-3,8-9H. The Morgan fingerprint density at radius 3 is 2.45 bits per heavy atom. The van der Waals surface area contributed by atoms with Crippen molar-refractivity contribution in [3.63, 3.8) is 0 Å². The second kappa shape index (κ2) is 10.1. The summed E-state index contributed by atoms with van der Waals surface area (Å²) in [6.45, 7) is 2.02. The Balaban J connectivity index is 0.000000254. The first kappa shape index (κ1) is 22.3. The van der Waals surface area contributed by atoms with Gasteiger partial charge in [-0.05, 0) is 60.4 Å². The van der Waals surface area contributed by atoms with Gasteiger partial charge in [-0.15, -0.1) is 0 Å². The van der Waals surface area contributed by atoms with Gasteiger partial charge in [-0.25, -0.2) is 0 Å². The molecule has 5 heteroatoms. The van der Waals surface area contributed by atoms with E-state index in [0.717, 1.165) is 23.1 Å². The molecule has 31 heavy (non-hydrogen) atoms. The molecule has 158 valence electrons. The Labute approximate surface area is 188 Å². The van der Waals surface area contributed by atoms with Crippen molar-refractivity contribution >= 4 is 23.0 Å². The molecule has 3 aliphatic carbocycles. The minimum Gasteiger partial charge on any atom is -0.511 e. The highest BCUT2D eigenvalue weighted by Crippen LogP contribution is 2.38. The summed E-state index contributed by atoms with van der Waals surface area (Å²) < 4.78 is 0. The quantitative estimate of drug-likeness (QED) is 0.409.